The number of carbonyl (C=O) groups is 3. The average molecular weight is 383 g/mol. The van der Waals surface area contributed by atoms with Crippen molar-refractivity contribution in [3.05, 3.63) is 35.5 Å². The van der Waals surface area contributed by atoms with Gasteiger partial charge in [-0.15, -0.1) is 0 Å². The molecule has 0 aromatic rings. The van der Waals surface area contributed by atoms with E-state index in [2.05, 4.69) is 32.9 Å². The summed E-state index contributed by atoms with van der Waals surface area (Å²) in [5, 5.41) is 0. The SMILES string of the molecule is CC(=O)O[C@]1(C(C)=O)CC[C@H]2[C@@H]3C[C@H](C)C4=CC(=O)C=C[C@]4(C)C3=CC[C@@]21C. The van der Waals surface area contributed by atoms with Crippen LogP contribution in [0.2, 0.25) is 0 Å². The van der Waals surface area contributed by atoms with Gasteiger partial charge in [0.1, 0.15) is 0 Å². The van der Waals surface area contributed by atoms with Crippen LogP contribution in [0, 0.1) is 28.6 Å². The van der Waals surface area contributed by atoms with E-state index in [0.29, 0.717) is 24.2 Å². The molecule has 2 fully saturated rings. The average Bonchev–Trinajstić information content (AvgIpc) is 2.90. The third-order valence-electron chi connectivity index (χ3n) is 8.28. The van der Waals surface area contributed by atoms with Crippen LogP contribution < -0.4 is 0 Å². The van der Waals surface area contributed by atoms with Crippen LogP contribution in [0.3, 0.4) is 0 Å². The molecule has 4 aliphatic rings. The van der Waals surface area contributed by atoms with E-state index in [0.717, 1.165) is 19.3 Å². The Kier molecular flexibility index (Phi) is 4.16. The monoisotopic (exact) mass is 382 g/mol. The number of hydrogen-bond acceptors (Lipinski definition) is 4. The number of fused-ring (bicyclic) bond motifs is 5. The number of ether oxygens (including phenoxy) is 1. The molecule has 0 radical (unpaired) electrons. The van der Waals surface area contributed by atoms with Gasteiger partial charge in [-0.25, -0.2) is 0 Å². The van der Waals surface area contributed by atoms with E-state index in [1.165, 1.54) is 18.1 Å². The highest BCUT2D eigenvalue weighted by molar-refractivity contribution is 6.01. The summed E-state index contributed by atoms with van der Waals surface area (Å²) in [5.41, 5.74) is 0.960. The molecule has 0 spiro atoms. The first-order chi connectivity index (χ1) is 13.0. The summed E-state index contributed by atoms with van der Waals surface area (Å²) in [7, 11) is 0. The summed E-state index contributed by atoms with van der Waals surface area (Å²) in [5.74, 6) is 0.598. The summed E-state index contributed by atoms with van der Waals surface area (Å²) in [6, 6.07) is 0. The highest BCUT2D eigenvalue weighted by atomic mass is 16.6. The molecular weight excluding hydrogens is 352 g/mol. The molecule has 0 unspecified atom stereocenters. The van der Waals surface area contributed by atoms with Crippen molar-refractivity contribution in [2.45, 2.75) is 65.9 Å². The van der Waals surface area contributed by atoms with Crippen molar-refractivity contribution < 1.29 is 19.1 Å². The van der Waals surface area contributed by atoms with Crippen molar-refractivity contribution in [2.24, 2.45) is 28.6 Å². The molecule has 0 aliphatic heterocycles. The van der Waals surface area contributed by atoms with E-state index < -0.39 is 5.60 Å². The lowest BCUT2D eigenvalue weighted by Gasteiger charge is -2.55. The highest BCUT2D eigenvalue weighted by Gasteiger charge is 2.66. The third-order valence-corrected chi connectivity index (χ3v) is 8.28. The van der Waals surface area contributed by atoms with E-state index in [9.17, 15) is 14.4 Å². The Bertz CT molecular complexity index is 862. The molecule has 4 nitrogen and oxygen atoms in total. The van der Waals surface area contributed by atoms with E-state index >= 15 is 0 Å². The fraction of sp³-hybridized carbons (Fsp3) is 0.625. The molecule has 2 saturated carbocycles. The predicted molar refractivity (Wildman–Crippen MR) is 106 cm³/mol. The van der Waals surface area contributed by atoms with Crippen LogP contribution in [0.4, 0.5) is 0 Å². The zero-order chi connectivity index (χ0) is 20.5. The van der Waals surface area contributed by atoms with E-state index in [1.54, 1.807) is 13.0 Å². The highest BCUT2D eigenvalue weighted by Crippen LogP contribution is 2.66. The fourth-order valence-corrected chi connectivity index (χ4v) is 6.99. The first-order valence-corrected chi connectivity index (χ1v) is 10.4. The maximum absolute atomic E-state index is 12.8. The summed E-state index contributed by atoms with van der Waals surface area (Å²) >= 11 is 0. The topological polar surface area (TPSA) is 60.4 Å². The Balaban J connectivity index is 1.81. The van der Waals surface area contributed by atoms with E-state index in [-0.39, 0.29) is 28.4 Å². The number of rotatable bonds is 2. The molecule has 150 valence electrons. The molecule has 4 aliphatic carbocycles. The molecule has 6 atom stereocenters. The molecule has 28 heavy (non-hydrogen) atoms. The summed E-state index contributed by atoms with van der Waals surface area (Å²) in [4.78, 5) is 36.6. The van der Waals surface area contributed by atoms with E-state index in [1.807, 2.05) is 6.08 Å². The Morgan fingerprint density at radius 1 is 1.18 bits per heavy atom. The molecule has 4 rings (SSSR count). The molecular formula is C24H30O4. The summed E-state index contributed by atoms with van der Waals surface area (Å²) in [6.45, 7) is 9.53. The Hall–Kier alpha value is -1.97. The molecule has 0 bridgehead atoms. The summed E-state index contributed by atoms with van der Waals surface area (Å²) in [6.07, 6.45) is 11.1. The van der Waals surface area contributed by atoms with Crippen LogP contribution in [0.25, 0.3) is 0 Å². The molecule has 0 N–H and O–H groups in total. The van der Waals surface area contributed by atoms with Gasteiger partial charge in [0.05, 0.1) is 0 Å². The Morgan fingerprint density at radius 2 is 1.89 bits per heavy atom. The number of hydrogen-bond donors (Lipinski definition) is 0. The molecule has 4 heteroatoms. The normalized spacial score (nSPS) is 44.0. The van der Waals surface area contributed by atoms with Gasteiger partial charge >= 0.3 is 5.97 Å². The lowest BCUT2D eigenvalue weighted by Crippen LogP contribution is -2.56. The van der Waals surface area contributed by atoms with Crippen molar-refractivity contribution in [3.63, 3.8) is 0 Å². The standard InChI is InChI=1S/C24H30O4/c1-14-12-18-19(22(4)9-6-17(27)13-21(14)22)7-10-23(5)20(18)8-11-24(23,15(2)25)28-16(3)26/h6-7,9,13-14,18,20H,8,10-12H2,1-5H3/t14-,18+,20-,22+,23-,24-/m0/s1. The molecule has 0 heterocycles. The van der Waals surface area contributed by atoms with Gasteiger partial charge in [-0.05, 0) is 75.0 Å². The van der Waals surface area contributed by atoms with Gasteiger partial charge in [0.15, 0.2) is 17.2 Å². The molecule has 0 aromatic heterocycles. The maximum Gasteiger partial charge on any atom is 0.303 e. The van der Waals surface area contributed by atoms with Gasteiger partial charge in [-0.2, -0.15) is 0 Å². The number of Topliss-reactive ketones (excluding diaryl/α,β-unsaturated/α-hetero) is 1. The van der Waals surface area contributed by atoms with Crippen LogP contribution >= 0.6 is 0 Å². The zero-order valence-corrected chi connectivity index (χ0v) is 17.5. The second kappa shape index (κ2) is 6.01. The Morgan fingerprint density at radius 3 is 2.54 bits per heavy atom. The lowest BCUT2D eigenvalue weighted by molar-refractivity contribution is -0.180. The Labute approximate surface area is 167 Å². The van der Waals surface area contributed by atoms with Crippen LogP contribution in [-0.2, 0) is 19.1 Å². The second-order valence-corrected chi connectivity index (χ2v) is 9.68. The molecule has 0 aromatic carbocycles. The largest absolute Gasteiger partial charge is 0.451 e. The van der Waals surface area contributed by atoms with Gasteiger partial charge in [-0.1, -0.05) is 31.6 Å². The van der Waals surface area contributed by atoms with Gasteiger partial charge in [-0.3, -0.25) is 14.4 Å². The first-order valence-electron chi connectivity index (χ1n) is 10.4. The quantitative estimate of drug-likeness (QED) is 0.526. The maximum atomic E-state index is 12.8. The lowest BCUT2D eigenvalue weighted by atomic mass is 9.49. The minimum absolute atomic E-state index is 0.0386. The van der Waals surface area contributed by atoms with Crippen molar-refractivity contribution in [1.82, 2.24) is 0 Å². The van der Waals surface area contributed by atoms with Crippen molar-refractivity contribution >= 4 is 17.5 Å². The fourth-order valence-electron chi connectivity index (χ4n) is 6.99. The van der Waals surface area contributed by atoms with Crippen molar-refractivity contribution in [1.29, 1.82) is 0 Å². The van der Waals surface area contributed by atoms with Crippen molar-refractivity contribution in [3.8, 4) is 0 Å². The van der Waals surface area contributed by atoms with Gasteiger partial charge in [0.2, 0.25) is 0 Å². The van der Waals surface area contributed by atoms with Crippen LogP contribution in [0.1, 0.15) is 60.3 Å². The smallest absolute Gasteiger partial charge is 0.303 e. The van der Waals surface area contributed by atoms with Gasteiger partial charge in [0, 0.05) is 17.8 Å². The summed E-state index contributed by atoms with van der Waals surface area (Å²) < 4.78 is 5.80. The van der Waals surface area contributed by atoms with Crippen LogP contribution in [0.15, 0.2) is 35.5 Å². The minimum atomic E-state index is -1.02. The van der Waals surface area contributed by atoms with Gasteiger partial charge in [0.25, 0.3) is 0 Å². The van der Waals surface area contributed by atoms with Crippen LogP contribution in [0.5, 0.6) is 0 Å². The van der Waals surface area contributed by atoms with Crippen LogP contribution in [-0.4, -0.2) is 23.1 Å². The molecule has 0 saturated heterocycles. The number of esters is 1. The third kappa shape index (κ3) is 2.33. The van der Waals surface area contributed by atoms with Crippen molar-refractivity contribution in [2.75, 3.05) is 0 Å². The minimum Gasteiger partial charge on any atom is -0.451 e. The number of ketones is 2. The van der Waals surface area contributed by atoms with E-state index in [4.69, 9.17) is 4.74 Å². The number of allylic oxidation sites excluding steroid dienone is 6. The first kappa shape index (κ1) is 19.4. The second-order valence-electron chi connectivity index (χ2n) is 9.68. The van der Waals surface area contributed by atoms with Gasteiger partial charge < -0.3 is 4.74 Å². The predicted octanol–water partition coefficient (Wildman–Crippen LogP) is 4.35. The molecule has 0 amide bonds. The number of carbonyl (C=O) groups excluding carboxylic acids is 3. The zero-order valence-electron chi connectivity index (χ0n) is 17.5.